The lowest BCUT2D eigenvalue weighted by molar-refractivity contribution is 0.0285. The molecular weight excluding hydrogens is 226 g/mol. The van der Waals surface area contributed by atoms with Gasteiger partial charge in [0.2, 0.25) is 0 Å². The molecule has 3 heteroatoms. The van der Waals surface area contributed by atoms with Gasteiger partial charge in [-0.3, -0.25) is 0 Å². The van der Waals surface area contributed by atoms with Crippen molar-refractivity contribution in [1.29, 1.82) is 0 Å². The van der Waals surface area contributed by atoms with Crippen molar-refractivity contribution in [3.8, 4) is 5.75 Å². The van der Waals surface area contributed by atoms with Gasteiger partial charge < -0.3 is 15.2 Å². The summed E-state index contributed by atoms with van der Waals surface area (Å²) in [6, 6.07) is 8.48. The number of benzene rings is 1. The Morgan fingerprint density at radius 3 is 2.28 bits per heavy atom. The van der Waals surface area contributed by atoms with Gasteiger partial charge in [-0.05, 0) is 44.5 Å². The number of nitrogens with one attached hydrogen (secondary N) is 1. The molecule has 1 atom stereocenters. The molecule has 3 nitrogen and oxygen atoms in total. The maximum absolute atomic E-state index is 9.59. The van der Waals surface area contributed by atoms with Crippen LogP contribution in [0.1, 0.15) is 45.7 Å². The minimum atomic E-state index is -0.797. The highest BCUT2D eigenvalue weighted by Gasteiger charge is 2.13. The summed E-state index contributed by atoms with van der Waals surface area (Å²) in [6.45, 7) is 9.03. The third-order valence-corrected chi connectivity index (χ3v) is 2.73. The van der Waals surface area contributed by atoms with Crippen LogP contribution in [0.25, 0.3) is 0 Å². The highest BCUT2D eigenvalue weighted by atomic mass is 16.5. The largest absolute Gasteiger partial charge is 0.491 e. The Kier molecular flexibility index (Phi) is 5.63. The zero-order valence-electron chi connectivity index (χ0n) is 11.9. The second kappa shape index (κ2) is 6.76. The van der Waals surface area contributed by atoms with Gasteiger partial charge in [-0.2, -0.15) is 0 Å². The van der Waals surface area contributed by atoms with Crippen LogP contribution < -0.4 is 10.1 Å². The predicted octanol–water partition coefficient (Wildman–Crippen LogP) is 2.90. The van der Waals surface area contributed by atoms with Crippen molar-refractivity contribution in [3.63, 3.8) is 0 Å². The van der Waals surface area contributed by atoms with E-state index in [4.69, 9.17) is 4.74 Å². The van der Waals surface area contributed by atoms with Crippen LogP contribution in [0.15, 0.2) is 24.3 Å². The molecule has 0 spiro atoms. The first-order chi connectivity index (χ1) is 8.46. The zero-order chi connectivity index (χ0) is 13.6. The van der Waals surface area contributed by atoms with Crippen LogP contribution in [-0.2, 0) is 0 Å². The van der Waals surface area contributed by atoms with E-state index in [-0.39, 0.29) is 0 Å². The van der Waals surface area contributed by atoms with E-state index in [0.29, 0.717) is 12.6 Å². The highest BCUT2D eigenvalue weighted by molar-refractivity contribution is 5.29. The molecule has 102 valence electrons. The fourth-order valence-corrected chi connectivity index (χ4v) is 1.80. The first-order valence-electron chi connectivity index (χ1n) is 6.64. The topological polar surface area (TPSA) is 41.5 Å². The van der Waals surface area contributed by atoms with Crippen LogP contribution in [-0.4, -0.2) is 23.9 Å². The first-order valence-corrected chi connectivity index (χ1v) is 6.64. The molecule has 0 aliphatic carbocycles. The minimum Gasteiger partial charge on any atom is -0.491 e. The van der Waals surface area contributed by atoms with Crippen molar-refractivity contribution in [2.45, 2.75) is 45.8 Å². The Hall–Kier alpha value is -1.06. The zero-order valence-corrected chi connectivity index (χ0v) is 11.9. The van der Waals surface area contributed by atoms with Crippen LogP contribution in [0.2, 0.25) is 0 Å². The van der Waals surface area contributed by atoms with Crippen LogP contribution in [0.3, 0.4) is 0 Å². The summed E-state index contributed by atoms with van der Waals surface area (Å²) in [5, 5.41) is 13.0. The Balaban J connectivity index is 2.61. The fourth-order valence-electron chi connectivity index (χ4n) is 1.80. The summed E-state index contributed by atoms with van der Waals surface area (Å²) in [5.41, 5.74) is 0.476. The van der Waals surface area contributed by atoms with Gasteiger partial charge >= 0.3 is 0 Å². The van der Waals surface area contributed by atoms with E-state index in [9.17, 15) is 5.11 Å². The van der Waals surface area contributed by atoms with E-state index in [0.717, 1.165) is 18.7 Å². The summed E-state index contributed by atoms with van der Waals surface area (Å²) in [6.07, 6.45) is 1.07. The van der Waals surface area contributed by atoms with Gasteiger partial charge in [-0.1, -0.05) is 26.0 Å². The molecule has 2 N–H and O–H groups in total. The standard InChI is InChI=1S/C15H25NO2/c1-5-14(16-6-2)12-7-9-13(10-8-12)18-11-15(3,4)17/h7-10,14,16-17H,5-6,11H2,1-4H3. The van der Waals surface area contributed by atoms with Gasteiger partial charge in [0.05, 0.1) is 5.60 Å². The van der Waals surface area contributed by atoms with E-state index in [1.165, 1.54) is 5.56 Å². The molecule has 0 heterocycles. The highest BCUT2D eigenvalue weighted by Crippen LogP contribution is 2.20. The minimum absolute atomic E-state index is 0.302. The maximum atomic E-state index is 9.59. The van der Waals surface area contributed by atoms with Gasteiger partial charge in [0.25, 0.3) is 0 Å². The number of hydrogen-bond acceptors (Lipinski definition) is 3. The van der Waals surface area contributed by atoms with Crippen molar-refractivity contribution in [2.75, 3.05) is 13.2 Å². The van der Waals surface area contributed by atoms with Crippen molar-refractivity contribution < 1.29 is 9.84 Å². The predicted molar refractivity (Wildman–Crippen MR) is 74.9 cm³/mol. The van der Waals surface area contributed by atoms with Crippen LogP contribution in [0, 0.1) is 0 Å². The Bertz CT molecular complexity index is 341. The van der Waals surface area contributed by atoms with Gasteiger partial charge in [-0.15, -0.1) is 0 Å². The Labute approximate surface area is 110 Å². The summed E-state index contributed by atoms with van der Waals surface area (Å²) in [4.78, 5) is 0. The Morgan fingerprint density at radius 2 is 1.83 bits per heavy atom. The molecule has 0 aliphatic heterocycles. The third kappa shape index (κ3) is 5.07. The third-order valence-electron chi connectivity index (χ3n) is 2.73. The van der Waals surface area contributed by atoms with E-state index >= 15 is 0 Å². The molecule has 0 bridgehead atoms. The van der Waals surface area contributed by atoms with Crippen molar-refractivity contribution in [1.82, 2.24) is 5.32 Å². The SMILES string of the molecule is CCNC(CC)c1ccc(OCC(C)(C)O)cc1. The smallest absolute Gasteiger partial charge is 0.119 e. The normalized spacial score (nSPS) is 13.4. The summed E-state index contributed by atoms with van der Waals surface area (Å²) in [7, 11) is 0. The number of rotatable bonds is 7. The summed E-state index contributed by atoms with van der Waals surface area (Å²) in [5.74, 6) is 0.798. The van der Waals surface area contributed by atoms with Crippen molar-refractivity contribution in [2.24, 2.45) is 0 Å². The van der Waals surface area contributed by atoms with E-state index in [1.54, 1.807) is 13.8 Å². The molecule has 0 radical (unpaired) electrons. The van der Waals surface area contributed by atoms with E-state index < -0.39 is 5.60 Å². The van der Waals surface area contributed by atoms with Crippen LogP contribution in [0.5, 0.6) is 5.75 Å². The summed E-state index contributed by atoms with van der Waals surface area (Å²) >= 11 is 0. The monoisotopic (exact) mass is 251 g/mol. The molecule has 18 heavy (non-hydrogen) atoms. The Morgan fingerprint density at radius 1 is 1.22 bits per heavy atom. The molecule has 1 aromatic rings. The van der Waals surface area contributed by atoms with Crippen LogP contribution >= 0.6 is 0 Å². The lowest BCUT2D eigenvalue weighted by Crippen LogP contribution is -2.27. The quantitative estimate of drug-likeness (QED) is 0.783. The maximum Gasteiger partial charge on any atom is 0.119 e. The molecule has 0 aromatic heterocycles. The molecular formula is C15H25NO2. The molecule has 0 aliphatic rings. The molecule has 1 rings (SSSR count). The van der Waals surface area contributed by atoms with E-state index in [1.807, 2.05) is 12.1 Å². The summed E-state index contributed by atoms with van der Waals surface area (Å²) < 4.78 is 5.53. The van der Waals surface area contributed by atoms with Gasteiger partial charge in [0.1, 0.15) is 12.4 Å². The fraction of sp³-hybridized carbons (Fsp3) is 0.600. The van der Waals surface area contributed by atoms with Gasteiger partial charge in [0, 0.05) is 6.04 Å². The molecule has 0 saturated heterocycles. The van der Waals surface area contributed by atoms with Gasteiger partial charge in [0.15, 0.2) is 0 Å². The van der Waals surface area contributed by atoms with Crippen molar-refractivity contribution >= 4 is 0 Å². The molecule has 0 fully saturated rings. The first kappa shape index (κ1) is 15.0. The number of hydrogen-bond donors (Lipinski definition) is 2. The lowest BCUT2D eigenvalue weighted by atomic mass is 10.0. The lowest BCUT2D eigenvalue weighted by Gasteiger charge is -2.19. The van der Waals surface area contributed by atoms with E-state index in [2.05, 4.69) is 31.3 Å². The van der Waals surface area contributed by atoms with Crippen LogP contribution in [0.4, 0.5) is 0 Å². The number of aliphatic hydroxyl groups is 1. The average molecular weight is 251 g/mol. The average Bonchev–Trinajstić information content (AvgIpc) is 2.33. The number of ether oxygens (including phenoxy) is 1. The second-order valence-corrected chi connectivity index (χ2v) is 5.19. The molecule has 1 aromatic carbocycles. The van der Waals surface area contributed by atoms with Crippen molar-refractivity contribution in [3.05, 3.63) is 29.8 Å². The van der Waals surface area contributed by atoms with Gasteiger partial charge in [-0.25, -0.2) is 0 Å². The molecule has 0 amide bonds. The molecule has 1 unspecified atom stereocenters. The molecule has 0 saturated carbocycles. The second-order valence-electron chi connectivity index (χ2n) is 5.19.